The van der Waals surface area contributed by atoms with Crippen molar-refractivity contribution < 1.29 is 9.05 Å². The summed E-state index contributed by atoms with van der Waals surface area (Å²) in [7, 11) is 2.33. The van der Waals surface area contributed by atoms with E-state index in [0.717, 1.165) is 36.5 Å². The minimum atomic E-state index is 0.825. The third-order valence-corrected chi connectivity index (χ3v) is 8.28. The monoisotopic (exact) mass is 323 g/mol. The molecule has 4 heteroatoms. The molecule has 0 aliphatic carbocycles. The van der Waals surface area contributed by atoms with Gasteiger partial charge in [-0.15, -0.1) is 11.6 Å². The van der Waals surface area contributed by atoms with Crippen molar-refractivity contribution in [3.63, 3.8) is 0 Å². The second-order valence-electron chi connectivity index (χ2n) is 9.45. The van der Waals surface area contributed by atoms with Gasteiger partial charge >= 0.3 is 6.71 Å². The largest absolute Gasteiger partial charge is 0.387 e. The first-order valence-electron chi connectivity index (χ1n) is 10.9. The van der Waals surface area contributed by atoms with E-state index in [1.165, 1.54) is 77.0 Å². The van der Waals surface area contributed by atoms with Crippen molar-refractivity contribution in [3.8, 4) is 0 Å². The molecular formula is C20H33B2N2+. The Morgan fingerprint density at radius 1 is 0.792 bits per heavy atom. The van der Waals surface area contributed by atoms with Gasteiger partial charge in [0.25, 0.3) is 5.73 Å². The second-order valence-corrected chi connectivity index (χ2v) is 9.45. The SMILES string of the molecule is C[N+]1=C(B2C3CCCC2CCC3)[N+](=[B-]2C3CCCC2CCC3)C=C1. The summed E-state index contributed by atoms with van der Waals surface area (Å²) in [6, 6.07) is 0. The van der Waals surface area contributed by atoms with E-state index in [2.05, 4.69) is 28.5 Å². The van der Waals surface area contributed by atoms with Crippen LogP contribution in [-0.2, 0) is 0 Å². The second kappa shape index (κ2) is 6.25. The maximum atomic E-state index is 2.83. The van der Waals surface area contributed by atoms with E-state index in [4.69, 9.17) is 0 Å². The zero-order valence-corrected chi connectivity index (χ0v) is 15.5. The van der Waals surface area contributed by atoms with Crippen molar-refractivity contribution in [1.29, 1.82) is 0 Å². The molecular weight excluding hydrogens is 290 g/mol. The zero-order chi connectivity index (χ0) is 16.1. The molecule has 128 valence electrons. The normalized spacial score (nSPS) is 39.0. The van der Waals surface area contributed by atoms with Gasteiger partial charge in [0.1, 0.15) is 7.05 Å². The quantitative estimate of drug-likeness (QED) is 0.471. The van der Waals surface area contributed by atoms with Crippen LogP contribution in [0, 0.1) is 0 Å². The smallest absolute Gasteiger partial charge is 0.353 e. The van der Waals surface area contributed by atoms with Gasteiger partial charge in [0.15, 0.2) is 12.7 Å². The van der Waals surface area contributed by atoms with Crippen LogP contribution >= 0.6 is 0 Å². The molecule has 4 saturated heterocycles. The van der Waals surface area contributed by atoms with Crippen molar-refractivity contribution in [2.75, 3.05) is 7.05 Å². The molecule has 4 fully saturated rings. The highest BCUT2D eigenvalue weighted by molar-refractivity contribution is 6.91. The Hall–Kier alpha value is -0.660. The minimum absolute atomic E-state index is 0.825. The highest BCUT2D eigenvalue weighted by Crippen LogP contribution is 2.48. The van der Waals surface area contributed by atoms with Gasteiger partial charge in [0.2, 0.25) is 6.20 Å². The number of rotatable bonds is 1. The van der Waals surface area contributed by atoms with Crippen molar-refractivity contribution in [3.05, 3.63) is 12.4 Å². The highest BCUT2D eigenvalue weighted by Gasteiger charge is 2.52. The predicted molar refractivity (Wildman–Crippen MR) is 103 cm³/mol. The van der Waals surface area contributed by atoms with Crippen molar-refractivity contribution in [1.82, 2.24) is 0 Å². The number of hydrogen-bond acceptors (Lipinski definition) is 0. The van der Waals surface area contributed by atoms with Crippen LogP contribution in [0.3, 0.4) is 0 Å². The summed E-state index contributed by atoms with van der Waals surface area (Å²) in [5, 5.41) is 0. The fourth-order valence-electron chi connectivity index (χ4n) is 7.36. The molecule has 0 atom stereocenters. The molecule has 0 saturated carbocycles. The van der Waals surface area contributed by atoms with Crippen LogP contribution in [0.5, 0.6) is 0 Å². The molecule has 5 rings (SSSR count). The van der Waals surface area contributed by atoms with Gasteiger partial charge in [-0.05, 0) is 11.6 Å². The zero-order valence-electron chi connectivity index (χ0n) is 15.5. The van der Waals surface area contributed by atoms with Crippen LogP contribution < -0.4 is 0 Å². The van der Waals surface area contributed by atoms with Crippen LogP contribution in [0.15, 0.2) is 12.4 Å². The summed E-state index contributed by atoms with van der Waals surface area (Å²) < 4.78 is 5.35. The van der Waals surface area contributed by atoms with E-state index in [-0.39, 0.29) is 0 Å². The summed E-state index contributed by atoms with van der Waals surface area (Å²) in [5.41, 5.74) is 1.72. The van der Waals surface area contributed by atoms with Crippen molar-refractivity contribution in [2.45, 2.75) is 100 Å². The molecule has 0 unspecified atom stereocenters. The van der Waals surface area contributed by atoms with Gasteiger partial charge in [0, 0.05) is 0 Å². The number of fused-ring (bicyclic) bond motifs is 4. The topological polar surface area (TPSA) is 6.02 Å². The molecule has 0 aromatic heterocycles. The number of amidine groups is 1. The van der Waals surface area contributed by atoms with Crippen LogP contribution in [0.25, 0.3) is 0 Å². The lowest BCUT2D eigenvalue weighted by Crippen LogP contribution is -2.50. The predicted octanol–water partition coefficient (Wildman–Crippen LogP) is 5.04. The molecule has 0 N–H and O–H groups in total. The lowest BCUT2D eigenvalue weighted by Gasteiger charge is -2.42. The van der Waals surface area contributed by atoms with E-state index < -0.39 is 0 Å². The highest BCUT2D eigenvalue weighted by atomic mass is 15.2. The lowest BCUT2D eigenvalue weighted by atomic mass is 9.26. The van der Waals surface area contributed by atoms with E-state index in [1.807, 2.05) is 0 Å². The van der Waals surface area contributed by atoms with Gasteiger partial charge in [0.05, 0.1) is 0 Å². The Bertz CT molecular complexity index is 575. The summed E-state index contributed by atoms with van der Waals surface area (Å²) in [6.45, 7) is 1.68. The Morgan fingerprint density at radius 3 is 1.83 bits per heavy atom. The van der Waals surface area contributed by atoms with Gasteiger partial charge in [-0.1, -0.05) is 77.0 Å². The minimum Gasteiger partial charge on any atom is -0.387 e. The fourth-order valence-corrected chi connectivity index (χ4v) is 7.36. The number of hydrogen-bond donors (Lipinski definition) is 0. The first kappa shape index (κ1) is 15.6. The first-order chi connectivity index (χ1) is 11.8. The third kappa shape index (κ3) is 2.42. The summed E-state index contributed by atoms with van der Waals surface area (Å²) in [6.07, 6.45) is 22.7. The molecule has 2 nitrogen and oxygen atoms in total. The Balaban J connectivity index is 1.57. The van der Waals surface area contributed by atoms with Crippen LogP contribution in [0.1, 0.15) is 77.0 Å². The van der Waals surface area contributed by atoms with E-state index >= 15 is 0 Å². The molecule has 0 spiro atoms. The average Bonchev–Trinajstić information content (AvgIpc) is 2.94. The molecule has 0 amide bonds. The van der Waals surface area contributed by atoms with Gasteiger partial charge in [-0.3, -0.25) is 0 Å². The molecule has 5 aliphatic rings. The maximum absolute atomic E-state index is 2.83. The van der Waals surface area contributed by atoms with Gasteiger partial charge in [-0.25, -0.2) is 0 Å². The lowest BCUT2D eigenvalue weighted by molar-refractivity contribution is -0.452. The summed E-state index contributed by atoms with van der Waals surface area (Å²) in [4.78, 5) is 0. The van der Waals surface area contributed by atoms with Gasteiger partial charge in [-0.2, -0.15) is 4.58 Å². The maximum Gasteiger partial charge on any atom is 0.353 e. The fraction of sp³-hybridized carbons (Fsp3) is 0.850. The van der Waals surface area contributed by atoms with E-state index in [0.29, 0.717) is 0 Å². The van der Waals surface area contributed by atoms with Gasteiger partial charge < -0.3 is 4.48 Å². The summed E-state index contributed by atoms with van der Waals surface area (Å²) in [5.74, 6) is 3.88. The Kier molecular flexibility index (Phi) is 4.06. The molecule has 24 heavy (non-hydrogen) atoms. The van der Waals surface area contributed by atoms with Crippen molar-refractivity contribution in [2.24, 2.45) is 0 Å². The Morgan fingerprint density at radius 2 is 1.29 bits per heavy atom. The van der Waals surface area contributed by atoms with Crippen LogP contribution in [0.4, 0.5) is 0 Å². The molecule has 0 aromatic rings. The van der Waals surface area contributed by atoms with Crippen molar-refractivity contribution >= 4 is 19.0 Å². The first-order valence-corrected chi connectivity index (χ1v) is 10.9. The third-order valence-electron chi connectivity index (χ3n) is 8.28. The molecule has 0 aromatic carbocycles. The standard InChI is InChI=1S/C20H33B2N2/c1-23-14-15-24(22-18-10-4-11-19(22)13-5-12-18)20(23)21-16-6-2-7-17(21)9-3-8-16/h14-19H,2-13H2,1H3/q+1. The van der Waals surface area contributed by atoms with Crippen LogP contribution in [0.2, 0.25) is 23.3 Å². The van der Waals surface area contributed by atoms with E-state index in [1.54, 1.807) is 5.73 Å². The molecule has 5 heterocycles. The average molecular weight is 323 g/mol. The van der Waals surface area contributed by atoms with E-state index in [9.17, 15) is 0 Å². The molecule has 4 bridgehead atoms. The molecule has 5 aliphatic heterocycles. The number of nitrogens with zero attached hydrogens (tertiary/aromatic N) is 2. The molecule has 0 radical (unpaired) electrons. The van der Waals surface area contributed by atoms with Crippen LogP contribution in [-0.4, -0.2) is 35.1 Å². The Labute approximate surface area is 148 Å². The summed E-state index contributed by atoms with van der Waals surface area (Å²) >= 11 is 0.